The largest absolute Gasteiger partial charge is 0.462 e. The van der Waals surface area contributed by atoms with Crippen molar-refractivity contribution in [3.8, 4) is 0 Å². The lowest BCUT2D eigenvalue weighted by atomic mass is 9.46. The van der Waals surface area contributed by atoms with Crippen LogP contribution >= 0.6 is 0 Å². The minimum atomic E-state index is -0.415. The van der Waals surface area contributed by atoms with Gasteiger partial charge in [-0.3, -0.25) is 4.79 Å². The first-order valence-electron chi connectivity index (χ1n) is 11.6. The summed E-state index contributed by atoms with van der Waals surface area (Å²) in [5.74, 6) is 1.81. The van der Waals surface area contributed by atoms with E-state index < -0.39 is 11.9 Å². The summed E-state index contributed by atoms with van der Waals surface area (Å²) in [6.45, 7) is 7.71. The molecule has 4 saturated carbocycles. The lowest BCUT2D eigenvalue weighted by molar-refractivity contribution is -0.263. The summed E-state index contributed by atoms with van der Waals surface area (Å²) >= 11 is 0. The summed E-state index contributed by atoms with van der Waals surface area (Å²) < 4.78 is 18.3. The van der Waals surface area contributed by atoms with Crippen LogP contribution in [0.3, 0.4) is 0 Å². The van der Waals surface area contributed by atoms with Crippen molar-refractivity contribution in [2.75, 3.05) is 13.2 Å². The van der Waals surface area contributed by atoms with Crippen LogP contribution in [0.1, 0.15) is 59.3 Å². The third kappa shape index (κ3) is 2.25. The number of hydrogen-bond acceptors (Lipinski definition) is 5. The molecule has 29 heavy (non-hydrogen) atoms. The molecule has 1 heterocycles. The highest BCUT2D eigenvalue weighted by Crippen LogP contribution is 2.78. The molecule has 5 fully saturated rings. The van der Waals surface area contributed by atoms with Gasteiger partial charge >= 0.3 is 5.97 Å². The van der Waals surface area contributed by atoms with Gasteiger partial charge in [0.15, 0.2) is 5.79 Å². The number of rotatable bonds is 1. The first kappa shape index (κ1) is 18.8. The number of aliphatic hydroxyl groups excluding tert-OH is 1. The summed E-state index contributed by atoms with van der Waals surface area (Å²) in [7, 11) is 0. The van der Waals surface area contributed by atoms with Crippen LogP contribution in [0.5, 0.6) is 0 Å². The molecule has 0 aromatic rings. The van der Waals surface area contributed by atoms with Crippen LogP contribution < -0.4 is 0 Å². The van der Waals surface area contributed by atoms with Crippen molar-refractivity contribution < 1.29 is 24.1 Å². The van der Waals surface area contributed by atoms with Gasteiger partial charge in [0.05, 0.1) is 19.3 Å². The van der Waals surface area contributed by atoms with Crippen molar-refractivity contribution in [2.45, 2.75) is 77.3 Å². The highest BCUT2D eigenvalue weighted by atomic mass is 16.7. The third-order valence-electron chi connectivity index (χ3n) is 9.98. The molecular formula is C24H34O5. The molecule has 0 bridgehead atoms. The van der Waals surface area contributed by atoms with E-state index in [0.717, 1.165) is 32.1 Å². The fourth-order valence-electron chi connectivity index (χ4n) is 8.83. The minimum Gasteiger partial charge on any atom is -0.462 e. The van der Waals surface area contributed by atoms with Crippen molar-refractivity contribution in [2.24, 2.45) is 40.4 Å². The molecule has 0 aromatic heterocycles. The average Bonchev–Trinajstić information content (AvgIpc) is 3.23. The van der Waals surface area contributed by atoms with Gasteiger partial charge in [-0.15, -0.1) is 0 Å². The average molecular weight is 403 g/mol. The van der Waals surface area contributed by atoms with E-state index in [1.807, 2.05) is 0 Å². The molecule has 0 amide bonds. The second-order valence-corrected chi connectivity index (χ2v) is 11.1. The van der Waals surface area contributed by atoms with E-state index in [2.05, 4.69) is 19.9 Å². The minimum absolute atomic E-state index is 0.00980. The van der Waals surface area contributed by atoms with E-state index in [1.165, 1.54) is 18.9 Å². The molecule has 9 atom stereocenters. The van der Waals surface area contributed by atoms with Crippen LogP contribution in [0.15, 0.2) is 11.6 Å². The number of carbonyl (C=O) groups is 1. The molecule has 5 heteroatoms. The van der Waals surface area contributed by atoms with Crippen LogP contribution in [0, 0.1) is 40.4 Å². The topological polar surface area (TPSA) is 65.0 Å². The highest BCUT2D eigenvalue weighted by molar-refractivity contribution is 5.66. The molecule has 0 aromatic carbocycles. The van der Waals surface area contributed by atoms with Crippen molar-refractivity contribution in [3.05, 3.63) is 11.6 Å². The summed E-state index contributed by atoms with van der Waals surface area (Å²) in [6.07, 6.45) is 7.87. The fourth-order valence-corrected chi connectivity index (χ4v) is 8.83. The second-order valence-electron chi connectivity index (χ2n) is 11.1. The number of esters is 1. The smallest absolute Gasteiger partial charge is 0.302 e. The molecule has 5 nitrogen and oxygen atoms in total. The Kier molecular flexibility index (Phi) is 3.81. The summed E-state index contributed by atoms with van der Waals surface area (Å²) in [5, 5.41) is 11.4. The van der Waals surface area contributed by atoms with Gasteiger partial charge < -0.3 is 19.3 Å². The molecule has 1 spiro atoms. The van der Waals surface area contributed by atoms with E-state index >= 15 is 0 Å². The highest BCUT2D eigenvalue weighted by Gasteiger charge is 2.79. The molecule has 6 aliphatic rings. The Hall–Kier alpha value is -0.910. The molecule has 0 radical (unpaired) electrons. The summed E-state index contributed by atoms with van der Waals surface area (Å²) in [6, 6.07) is 0. The van der Waals surface area contributed by atoms with Gasteiger partial charge in [-0.25, -0.2) is 0 Å². The van der Waals surface area contributed by atoms with Crippen LogP contribution in [0.2, 0.25) is 0 Å². The van der Waals surface area contributed by atoms with Gasteiger partial charge in [0.2, 0.25) is 0 Å². The van der Waals surface area contributed by atoms with Crippen LogP contribution in [0.4, 0.5) is 0 Å². The number of ether oxygens (including phenoxy) is 3. The Bertz CT molecular complexity index is 769. The molecule has 1 N–H and O–H groups in total. The van der Waals surface area contributed by atoms with Crippen LogP contribution in [0.25, 0.3) is 0 Å². The maximum absolute atomic E-state index is 11.5. The zero-order valence-corrected chi connectivity index (χ0v) is 17.9. The molecule has 6 rings (SSSR count). The standard InChI is InChI=1S/C24H34O5/c1-13(25)29-15-4-6-22(2)14(10-15)11-19(26)20-17(22)5-7-23(3)21(20)16-12-18(16)24(23)27-8-9-28-24/h11,15-21,26H,4-10,12H2,1-3H3/t15-,16+,17-,18-,19-,20-,21-,22-,23-/m0/s1. The molecule has 1 aliphatic heterocycles. The zero-order chi connectivity index (χ0) is 20.2. The monoisotopic (exact) mass is 402 g/mol. The van der Waals surface area contributed by atoms with Gasteiger partial charge in [-0.05, 0) is 61.2 Å². The Morgan fingerprint density at radius 1 is 1.17 bits per heavy atom. The van der Waals surface area contributed by atoms with Gasteiger partial charge in [0.25, 0.3) is 0 Å². The summed E-state index contributed by atoms with van der Waals surface area (Å²) in [4.78, 5) is 11.5. The lowest BCUT2D eigenvalue weighted by Gasteiger charge is -2.60. The predicted octanol–water partition coefficient (Wildman–Crippen LogP) is 3.45. The Balaban J connectivity index is 1.35. The van der Waals surface area contributed by atoms with Gasteiger partial charge in [-0.1, -0.05) is 25.5 Å². The van der Waals surface area contributed by atoms with E-state index in [9.17, 15) is 9.90 Å². The molecular weight excluding hydrogens is 368 g/mol. The lowest BCUT2D eigenvalue weighted by Crippen LogP contribution is -2.59. The van der Waals surface area contributed by atoms with Gasteiger partial charge in [0, 0.05) is 24.7 Å². The van der Waals surface area contributed by atoms with Crippen LogP contribution in [-0.2, 0) is 19.0 Å². The Labute approximate surface area is 173 Å². The first-order valence-corrected chi connectivity index (χ1v) is 11.6. The maximum atomic E-state index is 11.5. The summed E-state index contributed by atoms with van der Waals surface area (Å²) in [5.41, 5.74) is 1.44. The number of hydrogen-bond donors (Lipinski definition) is 1. The van der Waals surface area contributed by atoms with Crippen molar-refractivity contribution in [1.29, 1.82) is 0 Å². The van der Waals surface area contributed by atoms with Crippen LogP contribution in [-0.4, -0.2) is 42.3 Å². The SMILES string of the molecule is CC(=O)O[C@H]1CC[C@@]2(C)C(=C[C@H](O)[C@H]3[C@@H]4[C@@H]5C[C@@H]5C5(OCCO5)[C@@]4(C)CC[C@@H]32)C1. The third-order valence-corrected chi connectivity index (χ3v) is 9.98. The van der Waals surface area contributed by atoms with Crippen molar-refractivity contribution >= 4 is 5.97 Å². The van der Waals surface area contributed by atoms with Gasteiger partial charge in [-0.2, -0.15) is 0 Å². The zero-order valence-electron chi connectivity index (χ0n) is 17.9. The van der Waals surface area contributed by atoms with Gasteiger partial charge in [0.1, 0.15) is 6.10 Å². The normalized spacial score (nSPS) is 54.1. The number of carbonyl (C=O) groups excluding carboxylic acids is 1. The van der Waals surface area contributed by atoms with E-state index in [0.29, 0.717) is 36.9 Å². The molecule has 5 aliphatic carbocycles. The van der Waals surface area contributed by atoms with Crippen molar-refractivity contribution in [3.63, 3.8) is 0 Å². The quantitative estimate of drug-likeness (QED) is 0.538. The predicted molar refractivity (Wildman–Crippen MR) is 106 cm³/mol. The van der Waals surface area contributed by atoms with E-state index in [1.54, 1.807) is 0 Å². The number of aliphatic hydroxyl groups is 1. The van der Waals surface area contributed by atoms with E-state index in [4.69, 9.17) is 14.2 Å². The van der Waals surface area contributed by atoms with E-state index in [-0.39, 0.29) is 28.8 Å². The Morgan fingerprint density at radius 3 is 2.66 bits per heavy atom. The molecule has 1 saturated heterocycles. The maximum Gasteiger partial charge on any atom is 0.302 e. The second kappa shape index (κ2) is 5.86. The molecule has 0 unspecified atom stereocenters. The van der Waals surface area contributed by atoms with Crippen molar-refractivity contribution in [1.82, 2.24) is 0 Å². The Morgan fingerprint density at radius 2 is 1.93 bits per heavy atom. The fraction of sp³-hybridized carbons (Fsp3) is 0.875. The number of fused-ring (bicyclic) bond motifs is 9. The first-order chi connectivity index (χ1) is 13.8. The molecule has 160 valence electrons.